The van der Waals surface area contributed by atoms with Crippen molar-refractivity contribution in [3.63, 3.8) is 0 Å². The van der Waals surface area contributed by atoms with Crippen molar-refractivity contribution in [2.45, 2.75) is 38.8 Å². The van der Waals surface area contributed by atoms with Crippen LogP contribution in [0.25, 0.3) is 10.9 Å². The van der Waals surface area contributed by atoms with Gasteiger partial charge in [0.15, 0.2) is 0 Å². The Balaban J connectivity index is 1.76. The van der Waals surface area contributed by atoms with Gasteiger partial charge in [0.1, 0.15) is 34.7 Å². The standard InChI is InChI=1S/C26H28N6O4/c1-26(2,3)36-25(33)31-9-8-18(15-31)32-23-17(13-27)14-29-24(28)22(23)21(30-32)7-6-16-10-19(34-4)12-20(11-16)35-5/h10-12,14,18H,8-9,15H2,1-5H3,(H2,28,29). The monoisotopic (exact) mass is 488 g/mol. The first-order valence-corrected chi connectivity index (χ1v) is 11.4. The summed E-state index contributed by atoms with van der Waals surface area (Å²) in [6, 6.07) is 7.32. The van der Waals surface area contributed by atoms with Crippen molar-refractivity contribution in [3.05, 3.63) is 41.2 Å². The summed E-state index contributed by atoms with van der Waals surface area (Å²) in [6.45, 7) is 6.39. The Labute approximate surface area is 209 Å². The van der Waals surface area contributed by atoms with E-state index in [0.29, 0.717) is 58.7 Å². The topological polar surface area (TPSA) is 129 Å². The lowest BCUT2D eigenvalue weighted by molar-refractivity contribution is 0.0288. The summed E-state index contributed by atoms with van der Waals surface area (Å²) in [7, 11) is 3.14. The third-order valence-electron chi connectivity index (χ3n) is 5.71. The summed E-state index contributed by atoms with van der Waals surface area (Å²) >= 11 is 0. The first-order chi connectivity index (χ1) is 17.1. The van der Waals surface area contributed by atoms with Gasteiger partial charge in [0.2, 0.25) is 0 Å². The number of carbonyl (C=O) groups is 1. The molecule has 0 spiro atoms. The van der Waals surface area contributed by atoms with Crippen LogP contribution in [-0.2, 0) is 4.74 Å². The molecule has 3 aromatic rings. The van der Waals surface area contributed by atoms with Gasteiger partial charge in [-0.2, -0.15) is 10.4 Å². The second-order valence-electron chi connectivity index (χ2n) is 9.41. The number of hydrogen-bond acceptors (Lipinski definition) is 8. The van der Waals surface area contributed by atoms with Crippen LogP contribution >= 0.6 is 0 Å². The lowest BCUT2D eigenvalue weighted by Gasteiger charge is -2.24. The third kappa shape index (κ3) is 4.98. The number of nitrogens with two attached hydrogens (primary N) is 1. The lowest BCUT2D eigenvalue weighted by Crippen LogP contribution is -2.35. The number of fused-ring (bicyclic) bond motifs is 1. The summed E-state index contributed by atoms with van der Waals surface area (Å²) in [4.78, 5) is 18.4. The number of methoxy groups -OCH3 is 2. The highest BCUT2D eigenvalue weighted by Crippen LogP contribution is 2.32. The van der Waals surface area contributed by atoms with Crippen LogP contribution in [0.3, 0.4) is 0 Å². The Hall–Kier alpha value is -4.44. The van der Waals surface area contributed by atoms with E-state index in [-0.39, 0.29) is 18.0 Å². The number of amides is 1. The van der Waals surface area contributed by atoms with Crippen LogP contribution in [0.4, 0.5) is 10.6 Å². The van der Waals surface area contributed by atoms with E-state index in [2.05, 4.69) is 22.9 Å². The van der Waals surface area contributed by atoms with E-state index < -0.39 is 5.60 Å². The Morgan fingerprint density at radius 2 is 1.86 bits per heavy atom. The van der Waals surface area contributed by atoms with Gasteiger partial charge in [0.05, 0.1) is 36.7 Å². The molecule has 1 aromatic carbocycles. The fourth-order valence-electron chi connectivity index (χ4n) is 4.07. The number of likely N-dealkylation sites (tertiary alicyclic amines) is 1. The maximum absolute atomic E-state index is 12.6. The van der Waals surface area contributed by atoms with Crippen LogP contribution in [-0.4, -0.2) is 58.7 Å². The average molecular weight is 489 g/mol. The molecule has 36 heavy (non-hydrogen) atoms. The number of aromatic nitrogens is 3. The fourth-order valence-corrected chi connectivity index (χ4v) is 4.07. The minimum Gasteiger partial charge on any atom is -0.497 e. The number of pyridine rings is 1. The molecular weight excluding hydrogens is 460 g/mol. The molecule has 1 aliphatic rings. The van der Waals surface area contributed by atoms with Gasteiger partial charge in [-0.05, 0) is 45.2 Å². The van der Waals surface area contributed by atoms with Crippen LogP contribution in [0.2, 0.25) is 0 Å². The number of benzene rings is 1. The number of rotatable bonds is 3. The number of hydrogen-bond donors (Lipinski definition) is 1. The third-order valence-corrected chi connectivity index (χ3v) is 5.71. The molecule has 10 nitrogen and oxygen atoms in total. The predicted octanol–water partition coefficient (Wildman–Crippen LogP) is 3.48. The Bertz CT molecular complexity index is 1400. The predicted molar refractivity (Wildman–Crippen MR) is 134 cm³/mol. The van der Waals surface area contributed by atoms with Gasteiger partial charge in [-0.1, -0.05) is 5.92 Å². The molecule has 0 saturated carbocycles. The number of nitriles is 1. The fraction of sp³-hybridized carbons (Fsp3) is 0.385. The van der Waals surface area contributed by atoms with Gasteiger partial charge in [-0.3, -0.25) is 4.68 Å². The molecule has 1 fully saturated rings. The molecule has 1 unspecified atom stereocenters. The van der Waals surface area contributed by atoms with Gasteiger partial charge < -0.3 is 24.8 Å². The highest BCUT2D eigenvalue weighted by atomic mass is 16.6. The van der Waals surface area contributed by atoms with Gasteiger partial charge in [-0.15, -0.1) is 0 Å². The van der Waals surface area contributed by atoms with Crippen molar-refractivity contribution < 1.29 is 19.0 Å². The zero-order valence-corrected chi connectivity index (χ0v) is 21.0. The maximum Gasteiger partial charge on any atom is 0.410 e. The van der Waals surface area contributed by atoms with Crippen molar-refractivity contribution >= 4 is 22.8 Å². The summed E-state index contributed by atoms with van der Waals surface area (Å²) in [5.41, 5.74) is 7.58. The average Bonchev–Trinajstić information content (AvgIpc) is 3.48. The summed E-state index contributed by atoms with van der Waals surface area (Å²) < 4.78 is 17.9. The van der Waals surface area contributed by atoms with E-state index in [1.54, 1.807) is 42.0 Å². The van der Waals surface area contributed by atoms with E-state index >= 15 is 0 Å². The highest BCUT2D eigenvalue weighted by molar-refractivity contribution is 5.96. The Kier molecular flexibility index (Phi) is 6.63. The highest BCUT2D eigenvalue weighted by Gasteiger charge is 2.33. The zero-order valence-electron chi connectivity index (χ0n) is 21.0. The van der Waals surface area contributed by atoms with Crippen LogP contribution in [0.1, 0.15) is 50.1 Å². The van der Waals surface area contributed by atoms with E-state index in [1.165, 1.54) is 6.20 Å². The van der Waals surface area contributed by atoms with Crippen molar-refractivity contribution in [2.24, 2.45) is 0 Å². The molecule has 1 saturated heterocycles. The van der Waals surface area contributed by atoms with Gasteiger partial charge in [-0.25, -0.2) is 9.78 Å². The molecule has 0 aliphatic carbocycles. The first-order valence-electron chi connectivity index (χ1n) is 11.4. The van der Waals surface area contributed by atoms with Gasteiger partial charge >= 0.3 is 6.09 Å². The van der Waals surface area contributed by atoms with Crippen LogP contribution in [0.15, 0.2) is 24.4 Å². The Morgan fingerprint density at radius 1 is 1.17 bits per heavy atom. The molecule has 1 atom stereocenters. The summed E-state index contributed by atoms with van der Waals surface area (Å²) in [5.74, 6) is 7.61. The number of nitrogen functional groups attached to an aromatic ring is 1. The molecule has 2 aromatic heterocycles. The van der Waals surface area contributed by atoms with Crippen LogP contribution < -0.4 is 15.2 Å². The summed E-state index contributed by atoms with van der Waals surface area (Å²) in [6.07, 6.45) is 1.69. The van der Waals surface area contributed by atoms with Crippen molar-refractivity contribution in [1.29, 1.82) is 5.26 Å². The van der Waals surface area contributed by atoms with Crippen molar-refractivity contribution in [2.75, 3.05) is 33.0 Å². The summed E-state index contributed by atoms with van der Waals surface area (Å²) in [5, 5.41) is 15.0. The molecule has 0 bridgehead atoms. The van der Waals surface area contributed by atoms with Gasteiger partial charge in [0.25, 0.3) is 0 Å². The molecule has 10 heteroatoms. The molecule has 1 amide bonds. The van der Waals surface area contributed by atoms with Crippen LogP contribution in [0, 0.1) is 23.2 Å². The van der Waals surface area contributed by atoms with Crippen LogP contribution in [0.5, 0.6) is 11.5 Å². The number of carbonyl (C=O) groups excluding carboxylic acids is 1. The first kappa shape index (κ1) is 24.7. The largest absolute Gasteiger partial charge is 0.497 e. The number of ether oxygens (including phenoxy) is 3. The quantitative estimate of drug-likeness (QED) is 0.555. The molecular formula is C26H28N6O4. The molecule has 0 radical (unpaired) electrons. The van der Waals surface area contributed by atoms with Gasteiger partial charge in [0, 0.05) is 30.9 Å². The van der Waals surface area contributed by atoms with E-state index in [9.17, 15) is 10.1 Å². The van der Waals surface area contributed by atoms with E-state index in [0.717, 1.165) is 0 Å². The molecule has 2 N–H and O–H groups in total. The molecule has 3 heterocycles. The molecule has 1 aliphatic heterocycles. The van der Waals surface area contributed by atoms with Crippen molar-refractivity contribution in [1.82, 2.24) is 19.7 Å². The maximum atomic E-state index is 12.6. The minimum absolute atomic E-state index is 0.179. The zero-order chi connectivity index (χ0) is 26.0. The lowest BCUT2D eigenvalue weighted by atomic mass is 10.1. The normalized spacial score (nSPS) is 15.2. The number of anilines is 1. The SMILES string of the molecule is COc1cc(C#Cc2nn(C3CCN(C(=O)OC(C)(C)C)C3)c3c(C#N)cnc(N)c23)cc(OC)c1. The van der Waals surface area contributed by atoms with Crippen molar-refractivity contribution in [3.8, 4) is 29.4 Å². The molecule has 4 rings (SSSR count). The van der Waals surface area contributed by atoms with E-state index in [4.69, 9.17) is 25.0 Å². The van der Waals surface area contributed by atoms with E-state index in [1.807, 2.05) is 20.8 Å². The molecule has 186 valence electrons. The smallest absolute Gasteiger partial charge is 0.410 e. The second-order valence-corrected chi connectivity index (χ2v) is 9.41. The number of nitrogens with zero attached hydrogens (tertiary/aromatic N) is 5. The Morgan fingerprint density at radius 3 is 2.47 bits per heavy atom. The second kappa shape index (κ2) is 9.67. The minimum atomic E-state index is -0.590.